The summed E-state index contributed by atoms with van der Waals surface area (Å²) in [6, 6.07) is 38.7. The first-order valence-corrected chi connectivity index (χ1v) is 14.1. The first-order chi connectivity index (χ1) is 19.8. The van der Waals surface area contributed by atoms with Crippen LogP contribution in [0.25, 0.3) is 64.2 Å². The molecule has 0 saturated carbocycles. The number of hydrogen-bond acceptors (Lipinski definition) is 5. The zero-order valence-electron chi connectivity index (χ0n) is 21.2. The normalized spacial score (nSPS) is 12.4. The second-order valence-corrected chi connectivity index (χ2v) is 11.1. The zero-order chi connectivity index (χ0) is 26.2. The van der Waals surface area contributed by atoms with Crippen LogP contribution >= 0.6 is 11.3 Å². The summed E-state index contributed by atoms with van der Waals surface area (Å²) in [6.07, 6.45) is 3.70. The maximum atomic E-state index is 5.32. The summed E-state index contributed by atoms with van der Waals surface area (Å²) in [4.78, 5) is 17.3. The van der Waals surface area contributed by atoms with Crippen molar-refractivity contribution in [1.82, 2.24) is 15.0 Å². The predicted molar refractivity (Wildman–Crippen MR) is 167 cm³/mol. The van der Waals surface area contributed by atoms with E-state index in [9.17, 15) is 0 Å². The highest BCUT2D eigenvalue weighted by molar-refractivity contribution is 7.26. The standard InChI is InChI=1S/C35H20N4S/c1-2-12-24-21(8-1)17-18-28-31(24)26-14-5-9-22-10-6-15-27(30(22)26)39(28)35-37-32(23-11-7-19-36-20-23)34-33(38-35)25-13-3-4-16-29(25)40-34/h1-20H. The van der Waals surface area contributed by atoms with Crippen molar-refractivity contribution in [3.05, 3.63) is 122 Å². The third kappa shape index (κ3) is 2.98. The van der Waals surface area contributed by atoms with Crippen LogP contribution in [-0.4, -0.2) is 15.0 Å². The molecule has 186 valence electrons. The van der Waals surface area contributed by atoms with Gasteiger partial charge in [0.05, 0.1) is 27.3 Å². The molecule has 1 aliphatic rings. The minimum Gasteiger partial charge on any atom is -0.278 e. The highest BCUT2D eigenvalue weighted by atomic mass is 32.1. The van der Waals surface area contributed by atoms with Gasteiger partial charge in [-0.05, 0) is 52.1 Å². The quantitative estimate of drug-likeness (QED) is 0.224. The van der Waals surface area contributed by atoms with Gasteiger partial charge in [0, 0.05) is 39.0 Å². The molecular formula is C35H20N4S. The average Bonchev–Trinajstić information content (AvgIpc) is 3.40. The maximum absolute atomic E-state index is 5.32. The summed E-state index contributed by atoms with van der Waals surface area (Å²) < 4.78 is 2.28. The molecule has 4 nitrogen and oxygen atoms in total. The van der Waals surface area contributed by atoms with Crippen LogP contribution < -0.4 is 4.90 Å². The molecule has 5 aromatic carbocycles. The highest BCUT2D eigenvalue weighted by Gasteiger charge is 2.30. The molecular weight excluding hydrogens is 508 g/mol. The van der Waals surface area contributed by atoms with Crippen molar-refractivity contribution < 1.29 is 0 Å². The van der Waals surface area contributed by atoms with Gasteiger partial charge < -0.3 is 0 Å². The SMILES string of the molecule is c1cncc(-c2nc(N3c4ccc5ccccc5c4-c4cccc5cccc3c45)nc3c2sc2ccccc23)c1. The fourth-order valence-corrected chi connectivity index (χ4v) is 7.32. The number of nitrogens with zero attached hydrogens (tertiary/aromatic N) is 4. The molecule has 4 heterocycles. The van der Waals surface area contributed by atoms with Gasteiger partial charge >= 0.3 is 0 Å². The van der Waals surface area contributed by atoms with E-state index in [2.05, 4.69) is 113 Å². The van der Waals surface area contributed by atoms with Gasteiger partial charge in [-0.15, -0.1) is 11.3 Å². The molecule has 0 bridgehead atoms. The van der Waals surface area contributed by atoms with E-state index in [0.717, 1.165) is 38.2 Å². The molecule has 0 amide bonds. The van der Waals surface area contributed by atoms with Gasteiger partial charge in [0.2, 0.25) is 5.95 Å². The second-order valence-electron chi connectivity index (χ2n) is 10.1. The third-order valence-electron chi connectivity index (χ3n) is 7.88. The lowest BCUT2D eigenvalue weighted by atomic mass is 9.88. The van der Waals surface area contributed by atoms with Crippen LogP contribution in [0.1, 0.15) is 0 Å². The van der Waals surface area contributed by atoms with Crippen LogP contribution in [-0.2, 0) is 0 Å². The van der Waals surface area contributed by atoms with Gasteiger partial charge in [-0.1, -0.05) is 78.9 Å². The van der Waals surface area contributed by atoms with Gasteiger partial charge in [-0.25, -0.2) is 9.97 Å². The number of anilines is 3. The Kier molecular flexibility index (Phi) is 4.45. The van der Waals surface area contributed by atoms with E-state index in [0.29, 0.717) is 5.95 Å². The summed E-state index contributed by atoms with van der Waals surface area (Å²) in [7, 11) is 0. The lowest BCUT2D eigenvalue weighted by molar-refractivity contribution is 1.12. The summed E-state index contributed by atoms with van der Waals surface area (Å²) in [5, 5.41) is 6.00. The highest BCUT2D eigenvalue weighted by Crippen LogP contribution is 2.53. The first-order valence-electron chi connectivity index (χ1n) is 13.3. The molecule has 0 N–H and O–H groups in total. The molecule has 1 aliphatic heterocycles. The fourth-order valence-electron chi connectivity index (χ4n) is 6.17. The number of rotatable bonds is 2. The monoisotopic (exact) mass is 528 g/mol. The number of benzene rings is 5. The minimum absolute atomic E-state index is 0.661. The van der Waals surface area contributed by atoms with E-state index < -0.39 is 0 Å². The smallest absolute Gasteiger partial charge is 0.235 e. The Hall–Kier alpha value is -5.13. The molecule has 0 atom stereocenters. The number of fused-ring (bicyclic) bond motifs is 7. The molecule has 0 unspecified atom stereocenters. The van der Waals surface area contributed by atoms with E-state index in [1.54, 1.807) is 17.5 Å². The number of pyridine rings is 1. The van der Waals surface area contributed by atoms with E-state index in [1.165, 1.54) is 37.4 Å². The van der Waals surface area contributed by atoms with Crippen molar-refractivity contribution in [2.45, 2.75) is 0 Å². The molecule has 8 aromatic rings. The van der Waals surface area contributed by atoms with E-state index >= 15 is 0 Å². The molecule has 0 saturated heterocycles. The third-order valence-corrected chi connectivity index (χ3v) is 9.05. The van der Waals surface area contributed by atoms with Gasteiger partial charge in [-0.3, -0.25) is 9.88 Å². The van der Waals surface area contributed by atoms with Gasteiger partial charge in [0.1, 0.15) is 0 Å². The van der Waals surface area contributed by atoms with Crippen molar-refractivity contribution in [1.29, 1.82) is 0 Å². The van der Waals surface area contributed by atoms with E-state index in [1.807, 2.05) is 12.3 Å². The van der Waals surface area contributed by atoms with Gasteiger partial charge in [0.25, 0.3) is 0 Å². The lowest BCUT2D eigenvalue weighted by Gasteiger charge is -2.32. The number of aromatic nitrogens is 3. The van der Waals surface area contributed by atoms with Crippen molar-refractivity contribution >= 4 is 70.5 Å². The minimum atomic E-state index is 0.661. The van der Waals surface area contributed by atoms with Crippen molar-refractivity contribution in [2.75, 3.05) is 4.90 Å². The Morgan fingerprint density at radius 2 is 1.45 bits per heavy atom. The van der Waals surface area contributed by atoms with Crippen LogP contribution in [0.15, 0.2) is 122 Å². The van der Waals surface area contributed by atoms with Gasteiger partial charge in [-0.2, -0.15) is 0 Å². The summed E-state index contributed by atoms with van der Waals surface area (Å²) in [5.41, 5.74) is 7.49. The molecule has 0 fully saturated rings. The van der Waals surface area contributed by atoms with Gasteiger partial charge in [0.15, 0.2) is 0 Å². The topological polar surface area (TPSA) is 41.9 Å². The Labute approximate surface area is 233 Å². The fraction of sp³-hybridized carbons (Fsp3) is 0. The maximum Gasteiger partial charge on any atom is 0.235 e. The molecule has 3 aromatic heterocycles. The Morgan fingerprint density at radius 1 is 0.625 bits per heavy atom. The summed E-state index contributed by atoms with van der Waals surface area (Å²) in [6.45, 7) is 0. The van der Waals surface area contributed by atoms with Crippen LogP contribution in [0.2, 0.25) is 0 Å². The molecule has 40 heavy (non-hydrogen) atoms. The molecule has 9 rings (SSSR count). The average molecular weight is 529 g/mol. The first kappa shape index (κ1) is 21.8. The van der Waals surface area contributed by atoms with Crippen molar-refractivity contribution in [3.63, 3.8) is 0 Å². The number of thiophene rings is 1. The Bertz CT molecular complexity index is 2280. The Morgan fingerprint density at radius 3 is 2.35 bits per heavy atom. The molecule has 0 spiro atoms. The van der Waals surface area contributed by atoms with E-state index in [4.69, 9.17) is 9.97 Å². The van der Waals surface area contributed by atoms with Crippen molar-refractivity contribution in [3.8, 4) is 22.4 Å². The molecule has 0 aliphatic carbocycles. The predicted octanol–water partition coefficient (Wildman–Crippen LogP) is 9.66. The largest absolute Gasteiger partial charge is 0.278 e. The number of hydrogen-bond donors (Lipinski definition) is 0. The van der Waals surface area contributed by atoms with Crippen LogP contribution in [0.5, 0.6) is 0 Å². The van der Waals surface area contributed by atoms with Crippen LogP contribution in [0.4, 0.5) is 17.3 Å². The van der Waals surface area contributed by atoms with E-state index in [-0.39, 0.29) is 0 Å². The van der Waals surface area contributed by atoms with Crippen molar-refractivity contribution in [2.24, 2.45) is 0 Å². The van der Waals surface area contributed by atoms with Crippen LogP contribution in [0.3, 0.4) is 0 Å². The molecule has 5 heteroatoms. The van der Waals surface area contributed by atoms with Crippen LogP contribution in [0, 0.1) is 0 Å². The summed E-state index contributed by atoms with van der Waals surface area (Å²) >= 11 is 1.74. The zero-order valence-corrected chi connectivity index (χ0v) is 22.1. The summed E-state index contributed by atoms with van der Waals surface area (Å²) in [5.74, 6) is 0.661. The second kappa shape index (κ2) is 8.18. The Balaban J connectivity index is 1.44. The molecule has 0 radical (unpaired) electrons. The lowest BCUT2D eigenvalue weighted by Crippen LogP contribution is -2.18.